The van der Waals surface area contributed by atoms with Gasteiger partial charge in [-0.2, -0.15) is 0 Å². The lowest BCUT2D eigenvalue weighted by Crippen LogP contribution is -2.11. The van der Waals surface area contributed by atoms with E-state index in [1.165, 1.54) is 92.2 Å². The maximum Gasteiger partial charge on any atom is 0.0661 e. The molecule has 0 fully saturated rings. The number of thiophene rings is 1. The summed E-state index contributed by atoms with van der Waals surface area (Å²) in [6, 6.07) is 77.4. The SMILES string of the molecule is CN(c1cc(-n2c3ccccc3c3ccccc32)c2sc3ccc(-c4cccc(-c5ccc(-c6ccccc6)cc5)c4)cc3c2c1)c1ccccc1-c1ccccc1. The molecule has 11 rings (SSSR count). The van der Waals surface area contributed by atoms with E-state index in [1.807, 2.05) is 11.3 Å². The molecule has 58 heavy (non-hydrogen) atoms. The quantitative estimate of drug-likeness (QED) is 0.157. The van der Waals surface area contributed by atoms with Crippen molar-refractivity contribution >= 4 is 64.7 Å². The van der Waals surface area contributed by atoms with Gasteiger partial charge in [0.05, 0.1) is 21.4 Å². The van der Waals surface area contributed by atoms with Crippen molar-refractivity contribution in [2.45, 2.75) is 0 Å². The summed E-state index contributed by atoms with van der Waals surface area (Å²) in [4.78, 5) is 2.36. The van der Waals surface area contributed by atoms with E-state index in [0.717, 1.165) is 11.4 Å². The number of fused-ring (bicyclic) bond motifs is 6. The van der Waals surface area contributed by atoms with E-state index in [4.69, 9.17) is 0 Å². The Morgan fingerprint density at radius 1 is 0.379 bits per heavy atom. The van der Waals surface area contributed by atoms with Gasteiger partial charge in [0.25, 0.3) is 0 Å². The summed E-state index contributed by atoms with van der Waals surface area (Å²) in [6.45, 7) is 0. The van der Waals surface area contributed by atoms with Crippen LogP contribution in [0.25, 0.3) is 92.2 Å². The van der Waals surface area contributed by atoms with E-state index in [0.29, 0.717) is 0 Å². The molecule has 2 heterocycles. The molecular formula is C55H38N2S. The zero-order valence-electron chi connectivity index (χ0n) is 32.0. The highest BCUT2D eigenvalue weighted by molar-refractivity contribution is 7.26. The van der Waals surface area contributed by atoms with Gasteiger partial charge in [-0.15, -0.1) is 11.3 Å². The Labute approximate surface area is 342 Å². The van der Waals surface area contributed by atoms with Crippen LogP contribution in [0.5, 0.6) is 0 Å². The van der Waals surface area contributed by atoms with Crippen molar-refractivity contribution in [1.29, 1.82) is 0 Å². The third-order valence-corrected chi connectivity index (χ3v) is 12.8. The summed E-state index contributed by atoms with van der Waals surface area (Å²) >= 11 is 1.88. The number of hydrogen-bond acceptors (Lipinski definition) is 2. The van der Waals surface area contributed by atoms with Crippen molar-refractivity contribution in [1.82, 2.24) is 4.57 Å². The number of hydrogen-bond donors (Lipinski definition) is 0. The lowest BCUT2D eigenvalue weighted by molar-refractivity contribution is 1.17. The second-order valence-electron chi connectivity index (χ2n) is 15.0. The Morgan fingerprint density at radius 2 is 0.897 bits per heavy atom. The van der Waals surface area contributed by atoms with Crippen molar-refractivity contribution in [2.75, 3.05) is 11.9 Å². The Hall–Kier alpha value is -7.20. The monoisotopic (exact) mass is 758 g/mol. The fourth-order valence-electron chi connectivity index (χ4n) is 8.70. The van der Waals surface area contributed by atoms with Gasteiger partial charge in [-0.1, -0.05) is 164 Å². The molecule has 0 radical (unpaired) electrons. The molecule has 274 valence electrons. The third-order valence-electron chi connectivity index (χ3n) is 11.6. The molecule has 0 atom stereocenters. The lowest BCUT2D eigenvalue weighted by Gasteiger charge is -2.24. The number of aromatic nitrogens is 1. The minimum absolute atomic E-state index is 1.14. The van der Waals surface area contributed by atoms with Gasteiger partial charge in [-0.3, -0.25) is 0 Å². The molecule has 3 heteroatoms. The topological polar surface area (TPSA) is 8.17 Å². The molecule has 0 aliphatic heterocycles. The zero-order valence-corrected chi connectivity index (χ0v) is 32.8. The van der Waals surface area contributed by atoms with Crippen molar-refractivity contribution < 1.29 is 0 Å². The summed E-state index contributed by atoms with van der Waals surface area (Å²) in [5.41, 5.74) is 15.6. The minimum atomic E-state index is 1.14. The van der Waals surface area contributed by atoms with Crippen LogP contribution < -0.4 is 4.90 Å². The normalized spacial score (nSPS) is 11.5. The van der Waals surface area contributed by atoms with E-state index < -0.39 is 0 Å². The standard InChI is InChI=1S/C55H38N2S/c1-56(50-24-11-8-21-45(50)40-17-6-3-7-18-40)44-35-49-48-34-43(42-20-14-19-41(33-42)39-29-27-38(28-30-39)37-15-4-2-5-16-37)31-32-54(48)58-55(49)53(36-44)57-51-25-12-9-22-46(51)47-23-10-13-26-52(47)57/h2-36H,1H3. The highest BCUT2D eigenvalue weighted by atomic mass is 32.1. The predicted octanol–water partition coefficient (Wildman–Crippen LogP) is 15.6. The predicted molar refractivity (Wildman–Crippen MR) is 250 cm³/mol. The summed E-state index contributed by atoms with van der Waals surface area (Å²) in [7, 11) is 2.20. The number of nitrogens with zero attached hydrogens (tertiary/aromatic N) is 2. The van der Waals surface area contributed by atoms with Gasteiger partial charge in [-0.25, -0.2) is 0 Å². The first-order valence-electron chi connectivity index (χ1n) is 19.8. The fraction of sp³-hybridized carbons (Fsp3) is 0.0182. The molecule has 0 bridgehead atoms. The smallest absolute Gasteiger partial charge is 0.0661 e. The zero-order chi connectivity index (χ0) is 38.6. The Balaban J connectivity index is 1.09. The molecule has 11 aromatic rings. The molecule has 0 amide bonds. The number of anilines is 2. The van der Waals surface area contributed by atoms with Crippen LogP contribution in [0.4, 0.5) is 11.4 Å². The fourth-order valence-corrected chi connectivity index (χ4v) is 9.87. The van der Waals surface area contributed by atoms with Gasteiger partial charge >= 0.3 is 0 Å². The van der Waals surface area contributed by atoms with E-state index in [9.17, 15) is 0 Å². The van der Waals surface area contributed by atoms with E-state index in [-0.39, 0.29) is 0 Å². The van der Waals surface area contributed by atoms with Gasteiger partial charge < -0.3 is 9.47 Å². The third kappa shape index (κ3) is 5.79. The average Bonchev–Trinajstić information content (AvgIpc) is 3.85. The molecule has 9 aromatic carbocycles. The van der Waals surface area contributed by atoms with Gasteiger partial charge in [0.2, 0.25) is 0 Å². The highest BCUT2D eigenvalue weighted by Crippen LogP contribution is 2.46. The summed E-state index contributed by atoms with van der Waals surface area (Å²) in [6.07, 6.45) is 0. The van der Waals surface area contributed by atoms with Crippen molar-refractivity contribution in [3.8, 4) is 50.2 Å². The summed E-state index contributed by atoms with van der Waals surface area (Å²) in [5, 5.41) is 5.05. The Bertz CT molecular complexity index is 3230. The van der Waals surface area contributed by atoms with Crippen molar-refractivity contribution in [3.05, 3.63) is 212 Å². The van der Waals surface area contributed by atoms with Crippen LogP contribution in [0.1, 0.15) is 0 Å². The van der Waals surface area contributed by atoms with Gasteiger partial charge in [0.15, 0.2) is 0 Å². The first kappa shape index (κ1) is 34.1. The van der Waals surface area contributed by atoms with Crippen LogP contribution >= 0.6 is 11.3 Å². The molecule has 0 saturated carbocycles. The lowest BCUT2D eigenvalue weighted by atomic mass is 9.96. The van der Waals surface area contributed by atoms with Crippen molar-refractivity contribution in [2.24, 2.45) is 0 Å². The second-order valence-corrected chi connectivity index (χ2v) is 16.0. The molecule has 2 nitrogen and oxygen atoms in total. The van der Waals surface area contributed by atoms with E-state index in [1.54, 1.807) is 0 Å². The molecule has 0 unspecified atom stereocenters. The van der Waals surface area contributed by atoms with Crippen LogP contribution in [-0.2, 0) is 0 Å². The summed E-state index contributed by atoms with van der Waals surface area (Å²) in [5.74, 6) is 0. The molecular weight excluding hydrogens is 721 g/mol. The van der Waals surface area contributed by atoms with Crippen LogP contribution in [0.3, 0.4) is 0 Å². The minimum Gasteiger partial charge on any atom is -0.344 e. The van der Waals surface area contributed by atoms with Crippen LogP contribution in [0.15, 0.2) is 212 Å². The highest BCUT2D eigenvalue weighted by Gasteiger charge is 2.20. The largest absolute Gasteiger partial charge is 0.344 e. The van der Waals surface area contributed by atoms with E-state index >= 15 is 0 Å². The van der Waals surface area contributed by atoms with E-state index in [2.05, 4.69) is 229 Å². The summed E-state index contributed by atoms with van der Waals surface area (Å²) < 4.78 is 5.04. The Morgan fingerprint density at radius 3 is 1.60 bits per heavy atom. The average molecular weight is 759 g/mol. The van der Waals surface area contributed by atoms with Crippen LogP contribution in [-0.4, -0.2) is 11.6 Å². The van der Waals surface area contributed by atoms with Gasteiger partial charge in [0.1, 0.15) is 0 Å². The molecule has 2 aromatic heterocycles. The molecule has 0 aliphatic carbocycles. The van der Waals surface area contributed by atoms with Crippen LogP contribution in [0.2, 0.25) is 0 Å². The molecule has 0 spiro atoms. The second kappa shape index (κ2) is 14.1. The molecule has 0 saturated heterocycles. The van der Waals surface area contributed by atoms with Gasteiger partial charge in [-0.05, 0) is 87.5 Å². The van der Waals surface area contributed by atoms with Gasteiger partial charge in [0, 0.05) is 50.2 Å². The van der Waals surface area contributed by atoms with Crippen LogP contribution in [0, 0.1) is 0 Å². The number of rotatable bonds is 7. The first-order valence-corrected chi connectivity index (χ1v) is 20.6. The van der Waals surface area contributed by atoms with Crippen molar-refractivity contribution in [3.63, 3.8) is 0 Å². The molecule has 0 aliphatic rings. The first-order chi connectivity index (χ1) is 28.7. The maximum absolute atomic E-state index is 2.48. The maximum atomic E-state index is 2.48. The number of benzene rings is 9. The molecule has 0 N–H and O–H groups in total. The Kier molecular flexibility index (Phi) is 8.27. The number of para-hydroxylation sites is 3.